The normalized spacial score (nSPS) is 21.4. The molecule has 28 heavy (non-hydrogen) atoms. The molecule has 1 amide bonds. The molecule has 1 aromatic rings. The van der Waals surface area contributed by atoms with Crippen LogP contribution < -0.4 is 5.32 Å². The van der Waals surface area contributed by atoms with E-state index in [1.807, 2.05) is 0 Å². The monoisotopic (exact) mass is 377 g/mol. The van der Waals surface area contributed by atoms with Crippen LogP contribution in [0.2, 0.25) is 0 Å². The van der Waals surface area contributed by atoms with Gasteiger partial charge in [0.15, 0.2) is 0 Å². The molecule has 1 atom stereocenters. The van der Waals surface area contributed by atoms with Crippen LogP contribution in [-0.4, -0.2) is 5.91 Å². The van der Waals surface area contributed by atoms with Gasteiger partial charge in [-0.1, -0.05) is 38.8 Å². The quantitative estimate of drug-likeness (QED) is 0.527. The maximum Gasteiger partial charge on any atom is 0.256 e. The van der Waals surface area contributed by atoms with Crippen LogP contribution in [0.25, 0.3) is 5.57 Å². The van der Waals surface area contributed by atoms with Gasteiger partial charge in [0.05, 0.1) is 5.57 Å². The minimum Gasteiger partial charge on any atom is -0.321 e. The van der Waals surface area contributed by atoms with E-state index < -0.39 is 0 Å². The van der Waals surface area contributed by atoms with Crippen LogP contribution in [0.4, 0.5) is 5.69 Å². The number of amides is 1. The lowest BCUT2D eigenvalue weighted by Gasteiger charge is -2.24. The molecule has 0 fully saturated rings. The summed E-state index contributed by atoms with van der Waals surface area (Å²) >= 11 is 0. The third-order valence-corrected chi connectivity index (χ3v) is 6.75. The average molecular weight is 378 g/mol. The van der Waals surface area contributed by atoms with Gasteiger partial charge in [-0.15, -0.1) is 0 Å². The Kier molecular flexibility index (Phi) is 6.27. The van der Waals surface area contributed by atoms with Crippen molar-refractivity contribution in [1.29, 1.82) is 0 Å². The van der Waals surface area contributed by atoms with E-state index in [2.05, 4.69) is 65.1 Å². The van der Waals surface area contributed by atoms with Crippen molar-refractivity contribution < 1.29 is 4.79 Å². The van der Waals surface area contributed by atoms with Gasteiger partial charge < -0.3 is 5.32 Å². The van der Waals surface area contributed by atoms with Crippen LogP contribution >= 0.6 is 0 Å². The van der Waals surface area contributed by atoms with E-state index in [1.165, 1.54) is 39.8 Å². The molecule has 1 aromatic carbocycles. The molecule has 0 saturated heterocycles. The highest BCUT2D eigenvalue weighted by Crippen LogP contribution is 2.43. The van der Waals surface area contributed by atoms with Crippen molar-refractivity contribution in [2.24, 2.45) is 0 Å². The molecule has 150 valence electrons. The molecule has 3 rings (SSSR count). The van der Waals surface area contributed by atoms with E-state index in [1.54, 1.807) is 0 Å². The lowest BCUT2D eigenvalue weighted by Crippen LogP contribution is -2.10. The number of hydrogen-bond acceptors (Lipinski definition) is 1. The van der Waals surface area contributed by atoms with Crippen LogP contribution in [-0.2, 0) is 4.79 Å². The van der Waals surface area contributed by atoms with Crippen LogP contribution in [0, 0.1) is 0 Å². The Bertz CT molecular complexity index is 882. The molecule has 0 aromatic heterocycles. The van der Waals surface area contributed by atoms with E-state index in [9.17, 15) is 4.79 Å². The fourth-order valence-corrected chi connectivity index (χ4v) is 4.63. The second-order valence-electron chi connectivity index (χ2n) is 8.53. The van der Waals surface area contributed by atoms with Crippen LogP contribution in [0.5, 0.6) is 0 Å². The van der Waals surface area contributed by atoms with Crippen molar-refractivity contribution in [2.75, 3.05) is 5.32 Å². The fraction of sp³-hybridized carbons (Fsp3) is 0.500. The number of hydrogen-bond donors (Lipinski definition) is 1. The van der Waals surface area contributed by atoms with Crippen molar-refractivity contribution in [3.63, 3.8) is 0 Å². The van der Waals surface area contributed by atoms with Crippen LogP contribution in [0.1, 0.15) is 97.1 Å². The minimum absolute atomic E-state index is 0.0683. The molecule has 1 heterocycles. The van der Waals surface area contributed by atoms with Gasteiger partial charge in [-0.2, -0.15) is 0 Å². The van der Waals surface area contributed by atoms with Crippen molar-refractivity contribution in [3.05, 3.63) is 57.2 Å². The van der Waals surface area contributed by atoms with Gasteiger partial charge in [-0.25, -0.2) is 0 Å². The molecule has 2 heteroatoms. The van der Waals surface area contributed by atoms with Gasteiger partial charge in [0.1, 0.15) is 0 Å². The second-order valence-corrected chi connectivity index (χ2v) is 8.53. The van der Waals surface area contributed by atoms with Gasteiger partial charge in [0, 0.05) is 11.3 Å². The van der Waals surface area contributed by atoms with Gasteiger partial charge in [0.2, 0.25) is 0 Å². The van der Waals surface area contributed by atoms with Crippen molar-refractivity contribution in [3.8, 4) is 0 Å². The minimum atomic E-state index is 0.0683. The predicted octanol–water partition coefficient (Wildman–Crippen LogP) is 7.54. The van der Waals surface area contributed by atoms with Gasteiger partial charge in [-0.3, -0.25) is 4.79 Å². The molecule has 1 unspecified atom stereocenters. The second kappa shape index (κ2) is 8.51. The Morgan fingerprint density at radius 2 is 1.93 bits per heavy atom. The van der Waals surface area contributed by atoms with Gasteiger partial charge >= 0.3 is 0 Å². The molecule has 0 bridgehead atoms. The fourth-order valence-electron chi connectivity index (χ4n) is 4.63. The van der Waals surface area contributed by atoms with E-state index in [0.717, 1.165) is 48.9 Å². The van der Waals surface area contributed by atoms with Gasteiger partial charge in [-0.05, 0) is 98.8 Å². The van der Waals surface area contributed by atoms with E-state index in [0.29, 0.717) is 5.92 Å². The van der Waals surface area contributed by atoms with Crippen molar-refractivity contribution >= 4 is 17.2 Å². The number of carbonyl (C=O) groups excluding carboxylic acids is 1. The smallest absolute Gasteiger partial charge is 0.256 e. The number of allylic oxidation sites excluding steroid dienone is 5. The van der Waals surface area contributed by atoms with Crippen LogP contribution in [0.3, 0.4) is 0 Å². The summed E-state index contributed by atoms with van der Waals surface area (Å²) in [5, 5.41) is 3.11. The zero-order chi connectivity index (χ0) is 20.4. The maximum atomic E-state index is 12.9. The molecule has 2 nitrogen and oxygen atoms in total. The summed E-state index contributed by atoms with van der Waals surface area (Å²) in [5.41, 5.74) is 11.3. The van der Waals surface area contributed by atoms with E-state index >= 15 is 0 Å². The molecule has 0 radical (unpaired) electrons. The molecule has 0 saturated carbocycles. The third-order valence-electron chi connectivity index (χ3n) is 6.75. The molecule has 1 aliphatic carbocycles. The molecule has 2 aliphatic rings. The zero-order valence-corrected chi connectivity index (χ0v) is 18.5. The molecular formula is C26H35NO. The number of carbonyl (C=O) groups is 1. The highest BCUT2D eigenvalue weighted by Gasteiger charge is 2.30. The maximum absolute atomic E-state index is 12.9. The summed E-state index contributed by atoms with van der Waals surface area (Å²) in [6, 6.07) is 6.49. The highest BCUT2D eigenvalue weighted by atomic mass is 16.2. The highest BCUT2D eigenvalue weighted by molar-refractivity contribution is 6.32. The lowest BCUT2D eigenvalue weighted by molar-refractivity contribution is -0.110. The number of rotatable bonds is 5. The molecule has 1 N–H and O–H groups in total. The first-order chi connectivity index (χ1) is 13.4. The molecule has 0 spiro atoms. The predicted molar refractivity (Wildman–Crippen MR) is 121 cm³/mol. The first-order valence-electron chi connectivity index (χ1n) is 10.9. The number of fused-ring (bicyclic) bond motifs is 1. The first-order valence-corrected chi connectivity index (χ1v) is 10.9. The standard InChI is InChI=1S/C26H35NO/c1-7-10-17(4)18(5)21-11-9-12-22(19(21)6)25-23-15-20(16(3)8-2)13-14-24(23)27-26(25)28/h13-16H,7-12H2,1-6H3,(H,27,28)/b18-17-,25-22-. The van der Waals surface area contributed by atoms with Crippen molar-refractivity contribution in [1.82, 2.24) is 0 Å². The third kappa shape index (κ3) is 3.74. The SMILES string of the molecule is CCC/C(C)=C(/C)C1=C(C)/C(=C2\C(=O)Nc3ccc(C(C)CC)cc32)CCC1. The summed E-state index contributed by atoms with van der Waals surface area (Å²) in [7, 11) is 0. The summed E-state index contributed by atoms with van der Waals surface area (Å²) in [6.45, 7) is 13.5. The first kappa shape index (κ1) is 20.6. The zero-order valence-electron chi connectivity index (χ0n) is 18.5. The average Bonchev–Trinajstić information content (AvgIpc) is 3.02. The number of nitrogens with one attached hydrogen (secondary N) is 1. The Labute approximate surface area is 170 Å². The van der Waals surface area contributed by atoms with E-state index in [4.69, 9.17) is 0 Å². The van der Waals surface area contributed by atoms with Crippen LogP contribution in [0.15, 0.2) is 46.1 Å². The largest absolute Gasteiger partial charge is 0.321 e. The van der Waals surface area contributed by atoms with E-state index in [-0.39, 0.29) is 5.91 Å². The Hall–Kier alpha value is -2.09. The Morgan fingerprint density at radius 1 is 1.18 bits per heavy atom. The lowest BCUT2D eigenvalue weighted by atomic mass is 9.80. The topological polar surface area (TPSA) is 29.1 Å². The van der Waals surface area contributed by atoms with Crippen molar-refractivity contribution in [2.45, 2.75) is 86.0 Å². The summed E-state index contributed by atoms with van der Waals surface area (Å²) in [5.74, 6) is 0.575. The summed E-state index contributed by atoms with van der Waals surface area (Å²) in [6.07, 6.45) is 6.67. The number of anilines is 1. The number of benzene rings is 1. The summed E-state index contributed by atoms with van der Waals surface area (Å²) < 4.78 is 0. The molecule has 1 aliphatic heterocycles. The molecular weight excluding hydrogens is 342 g/mol. The summed E-state index contributed by atoms with van der Waals surface area (Å²) in [4.78, 5) is 12.9. The Morgan fingerprint density at radius 3 is 2.61 bits per heavy atom. The Balaban J connectivity index is 2.15. The van der Waals surface area contributed by atoms with Gasteiger partial charge in [0.25, 0.3) is 5.91 Å².